The van der Waals surface area contributed by atoms with Crippen LogP contribution >= 0.6 is 47.1 Å². The molecule has 1 aromatic heterocycles. The summed E-state index contributed by atoms with van der Waals surface area (Å²) in [5.41, 5.74) is 0.220. The van der Waals surface area contributed by atoms with E-state index in [9.17, 15) is 32.5 Å². The monoisotopic (exact) mass is 599 g/mol. The molecule has 0 saturated carbocycles. The molecular formula is C22H21N3O7S5. The molecule has 1 fully saturated rings. The number of thiazole rings is 1. The van der Waals surface area contributed by atoms with Gasteiger partial charge >= 0.3 is 5.97 Å². The van der Waals surface area contributed by atoms with E-state index in [-0.39, 0.29) is 22.6 Å². The lowest BCUT2D eigenvalue weighted by Crippen LogP contribution is -2.34. The molecule has 2 N–H and O–H groups in total. The number of carbonyl (C=O) groups excluding carboxylic acids is 1. The molecule has 0 unspecified atom stereocenters. The third kappa shape index (κ3) is 5.56. The summed E-state index contributed by atoms with van der Waals surface area (Å²) in [5, 5.41) is 9.96. The van der Waals surface area contributed by atoms with Crippen LogP contribution in [-0.4, -0.2) is 56.2 Å². The van der Waals surface area contributed by atoms with Crippen LogP contribution in [0.5, 0.6) is 0 Å². The number of aliphatic carboxylic acids is 1. The third-order valence-corrected chi connectivity index (χ3v) is 9.94. The molecule has 10 nitrogen and oxygen atoms in total. The average Bonchev–Trinajstić information content (AvgIpc) is 3.42. The highest BCUT2D eigenvalue weighted by atomic mass is 32.2. The van der Waals surface area contributed by atoms with Crippen molar-refractivity contribution in [3.05, 3.63) is 54.9 Å². The molecule has 1 saturated heterocycles. The fourth-order valence-corrected chi connectivity index (χ4v) is 8.41. The van der Waals surface area contributed by atoms with Gasteiger partial charge in [0.05, 0.1) is 21.7 Å². The number of aromatic nitrogens is 1. The van der Waals surface area contributed by atoms with E-state index in [1.807, 2.05) is 0 Å². The van der Waals surface area contributed by atoms with Crippen LogP contribution in [0.4, 0.5) is 5.69 Å². The number of hydrogen-bond acceptors (Lipinski definition) is 10. The molecule has 1 amide bonds. The molecule has 15 heteroatoms. The zero-order valence-corrected chi connectivity index (χ0v) is 23.6. The highest BCUT2D eigenvalue weighted by Gasteiger charge is 2.33. The second-order valence-electron chi connectivity index (χ2n) is 7.82. The van der Waals surface area contributed by atoms with Crippen LogP contribution in [0.2, 0.25) is 0 Å². The molecule has 0 radical (unpaired) electrons. The number of carbonyl (C=O) groups is 2. The zero-order valence-electron chi connectivity index (χ0n) is 19.5. The van der Waals surface area contributed by atoms with Gasteiger partial charge in [-0.1, -0.05) is 47.9 Å². The highest BCUT2D eigenvalue weighted by molar-refractivity contribution is 8.30. The Balaban J connectivity index is 1.98. The highest BCUT2D eigenvalue weighted by Crippen LogP contribution is 2.46. The Morgan fingerprint density at radius 3 is 2.41 bits per heavy atom. The molecule has 2 aromatic rings. The number of benzene rings is 1. The summed E-state index contributed by atoms with van der Waals surface area (Å²) in [4.78, 5) is 42.0. The molecule has 2 aliphatic rings. The second-order valence-corrected chi connectivity index (χ2v) is 12.9. The average molecular weight is 600 g/mol. The molecule has 37 heavy (non-hydrogen) atoms. The molecule has 196 valence electrons. The largest absolute Gasteiger partial charge is 0.481 e. The number of carboxylic acids is 1. The minimum Gasteiger partial charge on any atom is -0.481 e. The summed E-state index contributed by atoms with van der Waals surface area (Å²) < 4.78 is 35.3. The van der Waals surface area contributed by atoms with Crippen LogP contribution in [0.3, 0.4) is 0 Å². The Kier molecular flexibility index (Phi) is 8.02. The van der Waals surface area contributed by atoms with E-state index in [2.05, 4.69) is 0 Å². The van der Waals surface area contributed by atoms with E-state index in [1.54, 1.807) is 38.1 Å². The van der Waals surface area contributed by atoms with Crippen molar-refractivity contribution in [3.8, 4) is 0 Å². The summed E-state index contributed by atoms with van der Waals surface area (Å²) in [7, 11) is -4.43. The van der Waals surface area contributed by atoms with Gasteiger partial charge in [-0.3, -0.25) is 28.4 Å². The summed E-state index contributed by atoms with van der Waals surface area (Å²) in [6.07, 6.45) is 0.938. The van der Waals surface area contributed by atoms with Crippen LogP contribution in [0, 0.1) is 0 Å². The smallest absolute Gasteiger partial charge is 0.307 e. The summed E-state index contributed by atoms with van der Waals surface area (Å²) >= 11 is 8.59. The van der Waals surface area contributed by atoms with Crippen molar-refractivity contribution >= 4 is 89.6 Å². The molecule has 4 rings (SSSR count). The van der Waals surface area contributed by atoms with E-state index in [0.717, 1.165) is 23.1 Å². The van der Waals surface area contributed by atoms with Crippen molar-refractivity contribution in [1.82, 2.24) is 9.47 Å². The lowest BCUT2D eigenvalue weighted by molar-refractivity contribution is -0.135. The van der Waals surface area contributed by atoms with Gasteiger partial charge in [-0.25, -0.2) is 0 Å². The van der Waals surface area contributed by atoms with Crippen molar-refractivity contribution in [3.63, 3.8) is 0 Å². The quantitative estimate of drug-likeness (QED) is 0.356. The predicted octanol–water partition coefficient (Wildman–Crippen LogP) is 1.84. The van der Waals surface area contributed by atoms with Crippen molar-refractivity contribution in [2.24, 2.45) is 0 Å². The first kappa shape index (κ1) is 27.6. The molecule has 2 aliphatic heterocycles. The number of para-hydroxylation sites is 1. The van der Waals surface area contributed by atoms with Crippen molar-refractivity contribution in [2.75, 3.05) is 17.3 Å². The predicted molar refractivity (Wildman–Crippen MR) is 149 cm³/mol. The SMILES string of the molecule is CCN1C(=O)/C(=c2/sc(=C(C=C3Sc4ccccc4N3CS(=O)(=O)O)CC(=O)O)c(=O)n2CC)SC1=S. The van der Waals surface area contributed by atoms with Gasteiger partial charge in [-0.15, -0.1) is 11.3 Å². The molecule has 0 spiro atoms. The first-order valence-electron chi connectivity index (χ1n) is 10.9. The van der Waals surface area contributed by atoms with Crippen LogP contribution in [-0.2, 0) is 26.3 Å². The second kappa shape index (κ2) is 10.7. The van der Waals surface area contributed by atoms with E-state index < -0.39 is 33.9 Å². The van der Waals surface area contributed by atoms with E-state index >= 15 is 0 Å². The van der Waals surface area contributed by atoms with Gasteiger partial charge in [-0.2, -0.15) is 8.42 Å². The lowest BCUT2D eigenvalue weighted by atomic mass is 10.2. The van der Waals surface area contributed by atoms with Crippen molar-refractivity contribution in [1.29, 1.82) is 0 Å². The van der Waals surface area contributed by atoms with Crippen LogP contribution < -0.4 is 19.7 Å². The van der Waals surface area contributed by atoms with Gasteiger partial charge in [0.15, 0.2) is 5.88 Å². The topological polar surface area (TPSA) is 137 Å². The number of hydrogen-bond donors (Lipinski definition) is 2. The van der Waals surface area contributed by atoms with Crippen LogP contribution in [0.15, 0.2) is 45.1 Å². The van der Waals surface area contributed by atoms with Gasteiger partial charge in [0.1, 0.15) is 13.9 Å². The van der Waals surface area contributed by atoms with Crippen molar-refractivity contribution < 1.29 is 27.7 Å². The molecule has 0 bridgehead atoms. The Morgan fingerprint density at radius 2 is 1.81 bits per heavy atom. The van der Waals surface area contributed by atoms with Gasteiger partial charge < -0.3 is 10.0 Å². The Bertz CT molecular complexity index is 1640. The number of anilines is 1. The third-order valence-electron chi connectivity index (χ3n) is 5.42. The standard InChI is InChI=1S/C22H21N3O7S5/c1-3-23-19(28)17(35-21(23)18-20(29)24(4-2)22(33)36-18)12(10-16(26)27)9-15-25(11-37(30,31)32)13-7-5-6-8-14(13)34-15/h5-9H,3-4,10-11H2,1-2H3,(H,26,27)(H,30,31,32)/b15-9?,17-12?,21-18-. The van der Waals surface area contributed by atoms with Gasteiger partial charge in [-0.05, 0) is 37.6 Å². The number of carboxylic acid groups (broad SMARTS) is 1. The number of thioether (sulfide) groups is 2. The van der Waals surface area contributed by atoms with Crippen LogP contribution in [0.1, 0.15) is 20.3 Å². The normalized spacial score (nSPS) is 19.2. The first-order chi connectivity index (χ1) is 17.4. The Labute approximate surface area is 229 Å². The van der Waals surface area contributed by atoms with E-state index in [0.29, 0.717) is 36.0 Å². The Hall–Kier alpha value is -2.43. The fourth-order valence-electron chi connectivity index (χ4n) is 3.83. The maximum Gasteiger partial charge on any atom is 0.307 e. The van der Waals surface area contributed by atoms with Gasteiger partial charge in [0.2, 0.25) is 0 Å². The Morgan fingerprint density at radius 1 is 1.11 bits per heavy atom. The van der Waals surface area contributed by atoms with Crippen LogP contribution in [0.25, 0.3) is 10.5 Å². The number of rotatable bonds is 7. The molecule has 3 heterocycles. The number of allylic oxidation sites excluding steroid dienone is 1. The maximum absolute atomic E-state index is 13.4. The van der Waals surface area contributed by atoms with Gasteiger partial charge in [0.25, 0.3) is 21.6 Å². The number of nitrogens with zero attached hydrogens (tertiary/aromatic N) is 3. The molecule has 0 aliphatic carbocycles. The zero-order chi connectivity index (χ0) is 27.1. The van der Waals surface area contributed by atoms with E-state index in [4.69, 9.17) is 12.2 Å². The molecule has 1 aromatic carbocycles. The minimum atomic E-state index is -4.43. The van der Waals surface area contributed by atoms with E-state index in [1.165, 1.54) is 32.2 Å². The number of amides is 1. The first-order valence-corrected chi connectivity index (χ1v) is 15.4. The molecular weight excluding hydrogens is 579 g/mol. The van der Waals surface area contributed by atoms with Gasteiger partial charge in [0, 0.05) is 18.0 Å². The maximum atomic E-state index is 13.4. The summed E-state index contributed by atoms with van der Waals surface area (Å²) in [5.74, 6) is -2.25. The lowest BCUT2D eigenvalue weighted by Gasteiger charge is -2.18. The summed E-state index contributed by atoms with van der Waals surface area (Å²) in [6, 6.07) is 6.93. The summed E-state index contributed by atoms with van der Waals surface area (Å²) in [6.45, 7) is 4.16. The number of thiocarbonyl (C=S) groups is 1. The number of fused-ring (bicyclic) bond motifs is 1. The molecule has 0 atom stereocenters. The van der Waals surface area contributed by atoms with Crippen molar-refractivity contribution in [2.45, 2.75) is 31.7 Å². The fraction of sp³-hybridized carbons (Fsp3) is 0.273. The minimum absolute atomic E-state index is 0.122.